The van der Waals surface area contributed by atoms with Crippen molar-refractivity contribution in [1.29, 1.82) is 0 Å². The van der Waals surface area contributed by atoms with Gasteiger partial charge >= 0.3 is 17.9 Å². The van der Waals surface area contributed by atoms with E-state index in [-0.39, 0.29) is 69.7 Å². The highest BCUT2D eigenvalue weighted by Crippen LogP contribution is 2.87. The fourth-order valence-corrected chi connectivity index (χ4v) is 12.6. The number of fused-ring (bicyclic) bond motifs is 2. The number of hydroxylamine groups is 2. The van der Waals surface area contributed by atoms with Crippen LogP contribution in [0.25, 0.3) is 0 Å². The molecule has 0 saturated heterocycles. The predicted molar refractivity (Wildman–Crippen MR) is 189 cm³/mol. The molecule has 0 radical (unpaired) electrons. The van der Waals surface area contributed by atoms with Crippen molar-refractivity contribution < 1.29 is 38.2 Å². The molecule has 1 aliphatic heterocycles. The quantitative estimate of drug-likeness (QED) is 0.197. The lowest BCUT2D eigenvalue weighted by Crippen LogP contribution is -2.55. The van der Waals surface area contributed by atoms with Crippen molar-refractivity contribution in [2.75, 3.05) is 20.2 Å². The molecule has 9 nitrogen and oxygen atoms in total. The molecule has 7 rings (SSSR count). The number of ketones is 1. The molecular formula is C42H55NO8. The average molecular weight is 702 g/mol. The Bertz CT molecular complexity index is 1670. The average Bonchev–Trinajstić information content (AvgIpc) is 3.53. The highest BCUT2D eigenvalue weighted by Gasteiger charge is 2.81. The molecule has 0 amide bonds. The van der Waals surface area contributed by atoms with Crippen LogP contribution in [0.5, 0.6) is 0 Å². The van der Waals surface area contributed by atoms with Gasteiger partial charge in [0.15, 0.2) is 11.9 Å². The van der Waals surface area contributed by atoms with Crippen molar-refractivity contribution in [3.63, 3.8) is 0 Å². The topological polar surface area (TPSA) is 108 Å². The number of nitrogens with zero attached hydrogens (tertiary/aromatic N) is 1. The van der Waals surface area contributed by atoms with Gasteiger partial charge in [0.1, 0.15) is 11.9 Å². The minimum atomic E-state index is -0.713. The summed E-state index contributed by atoms with van der Waals surface area (Å²) in [6, 6.07) is 8.86. The monoisotopic (exact) mass is 701 g/mol. The Balaban J connectivity index is 1.21. The van der Waals surface area contributed by atoms with Gasteiger partial charge in [-0.3, -0.25) is 14.4 Å². The summed E-state index contributed by atoms with van der Waals surface area (Å²) in [7, 11) is 1.72. The summed E-state index contributed by atoms with van der Waals surface area (Å²) in [5.74, 6) is 0.233. The standard InChI is InChI=1S/C42H55NO8/c1-24-22-48-37(30(24)21-43(8)51-38(47)29-12-10-9-11-13-29)36(50-28(5)45)26(3)35-33(49-27(4)44)20-40(7)34-15-14-31-25(2)32(46)16-17-41(31)23-42(34,41)19-18-39(35,40)6/h9-13,16-17,24-26,31,33-36H,14-15,18-23H2,1-8H3/t24-,25-,26-,31-,33-,34-,35-,36+,39+,40-,41+,42-/m0/s1. The molecule has 5 aliphatic carbocycles. The summed E-state index contributed by atoms with van der Waals surface area (Å²) in [5, 5.41) is 1.51. The lowest BCUT2D eigenvalue weighted by atomic mass is 9.43. The largest absolute Gasteiger partial charge is 0.493 e. The fourth-order valence-electron chi connectivity index (χ4n) is 12.6. The second-order valence-corrected chi connectivity index (χ2v) is 17.4. The number of likely N-dealkylation sites (N-methyl/N-ethyl adjacent to an activating group) is 1. The number of esters is 2. The number of carbonyl (C=O) groups is 4. The number of ether oxygens (including phenoxy) is 3. The lowest BCUT2D eigenvalue weighted by molar-refractivity contribution is -0.162. The zero-order valence-corrected chi connectivity index (χ0v) is 31.5. The summed E-state index contributed by atoms with van der Waals surface area (Å²) in [4.78, 5) is 57.0. The SMILES string of the molecule is CC(=O)O[C@H]1C[C@@]2(C)[C@@H]3CC[C@H]4[C@H](C)C(=O)C=C[C@@]45C[C@@]35CC[C@]2(C)[C@H]1[C@H](C)[C@@H](OC(C)=O)C1=C(CN(C)OC(=O)c2ccccc2)[C@@H](C)CO1. The van der Waals surface area contributed by atoms with Gasteiger partial charge in [-0.15, -0.1) is 5.06 Å². The smallest absolute Gasteiger partial charge is 0.357 e. The maximum Gasteiger partial charge on any atom is 0.357 e. The van der Waals surface area contributed by atoms with Gasteiger partial charge in [0.05, 0.1) is 18.7 Å². The fraction of sp³-hybridized carbons (Fsp3) is 0.667. The molecule has 4 saturated carbocycles. The number of hydrogen-bond donors (Lipinski definition) is 0. The van der Waals surface area contributed by atoms with Crippen molar-refractivity contribution in [3.05, 3.63) is 59.4 Å². The molecule has 9 heteroatoms. The maximum atomic E-state index is 12.9. The zero-order valence-electron chi connectivity index (χ0n) is 31.5. The molecule has 51 heavy (non-hydrogen) atoms. The molecule has 276 valence electrons. The molecule has 12 atom stereocenters. The van der Waals surface area contributed by atoms with Gasteiger partial charge in [-0.25, -0.2) is 4.79 Å². The van der Waals surface area contributed by atoms with E-state index in [9.17, 15) is 19.2 Å². The highest BCUT2D eigenvalue weighted by atomic mass is 16.7. The highest BCUT2D eigenvalue weighted by molar-refractivity contribution is 5.93. The van der Waals surface area contributed by atoms with Crippen LogP contribution in [0.15, 0.2) is 53.8 Å². The van der Waals surface area contributed by atoms with E-state index in [1.807, 2.05) is 12.1 Å². The summed E-state index contributed by atoms with van der Waals surface area (Å²) in [6.07, 6.45) is 9.10. The van der Waals surface area contributed by atoms with Crippen LogP contribution in [-0.4, -0.2) is 61.2 Å². The Hall–Kier alpha value is -3.46. The van der Waals surface area contributed by atoms with Crippen molar-refractivity contribution in [2.45, 2.75) is 99.2 Å². The number of rotatable bonds is 9. The molecule has 0 bridgehead atoms. The summed E-state index contributed by atoms with van der Waals surface area (Å²) in [6.45, 7) is 14.8. The van der Waals surface area contributed by atoms with Crippen LogP contribution in [0.4, 0.5) is 0 Å². The van der Waals surface area contributed by atoms with Crippen LogP contribution >= 0.6 is 0 Å². The first-order chi connectivity index (χ1) is 24.1. The van der Waals surface area contributed by atoms with Crippen molar-refractivity contribution in [2.24, 2.45) is 57.2 Å². The van der Waals surface area contributed by atoms with E-state index in [4.69, 9.17) is 19.0 Å². The molecular weight excluding hydrogens is 646 g/mol. The summed E-state index contributed by atoms with van der Waals surface area (Å²) < 4.78 is 18.9. The van der Waals surface area contributed by atoms with Crippen LogP contribution in [0.1, 0.15) is 97.3 Å². The van der Waals surface area contributed by atoms with Crippen LogP contribution in [0, 0.1) is 57.2 Å². The molecule has 6 aliphatic rings. The van der Waals surface area contributed by atoms with Crippen molar-refractivity contribution in [3.8, 4) is 0 Å². The van der Waals surface area contributed by atoms with Gasteiger partial charge in [0.25, 0.3) is 0 Å². The summed E-state index contributed by atoms with van der Waals surface area (Å²) in [5.41, 5.74) is 1.26. The van der Waals surface area contributed by atoms with Crippen molar-refractivity contribution in [1.82, 2.24) is 5.06 Å². The third-order valence-electron chi connectivity index (χ3n) is 15.0. The zero-order chi connectivity index (χ0) is 36.7. The predicted octanol–water partition coefficient (Wildman–Crippen LogP) is 7.11. The Morgan fingerprint density at radius 1 is 1.02 bits per heavy atom. The van der Waals surface area contributed by atoms with Gasteiger partial charge in [-0.1, -0.05) is 58.9 Å². The van der Waals surface area contributed by atoms with Gasteiger partial charge < -0.3 is 19.0 Å². The number of allylic oxidation sites excluding steroid dienone is 2. The molecule has 1 aromatic carbocycles. The first-order valence-electron chi connectivity index (χ1n) is 19.0. The van der Waals surface area contributed by atoms with E-state index in [0.717, 1.165) is 44.1 Å². The van der Waals surface area contributed by atoms with Crippen LogP contribution in [0.3, 0.4) is 0 Å². The second kappa shape index (κ2) is 12.6. The van der Waals surface area contributed by atoms with Gasteiger partial charge in [0.2, 0.25) is 0 Å². The minimum absolute atomic E-state index is 0.00503. The maximum absolute atomic E-state index is 12.9. The second-order valence-electron chi connectivity index (χ2n) is 17.4. The van der Waals surface area contributed by atoms with Gasteiger partial charge in [-0.2, -0.15) is 0 Å². The number of carbonyl (C=O) groups excluding carboxylic acids is 4. The van der Waals surface area contributed by atoms with E-state index in [2.05, 4.69) is 40.7 Å². The van der Waals surface area contributed by atoms with E-state index in [0.29, 0.717) is 29.8 Å². The van der Waals surface area contributed by atoms with Crippen molar-refractivity contribution >= 4 is 23.7 Å². The molecule has 0 N–H and O–H groups in total. The van der Waals surface area contributed by atoms with Crippen LogP contribution in [0.2, 0.25) is 0 Å². The molecule has 0 aromatic heterocycles. The molecule has 4 fully saturated rings. The van der Waals surface area contributed by atoms with E-state index in [1.165, 1.54) is 18.9 Å². The Labute approximate surface area is 302 Å². The van der Waals surface area contributed by atoms with E-state index in [1.54, 1.807) is 31.3 Å². The number of benzene rings is 1. The molecule has 1 aromatic rings. The van der Waals surface area contributed by atoms with E-state index >= 15 is 0 Å². The minimum Gasteiger partial charge on any atom is -0.493 e. The van der Waals surface area contributed by atoms with Gasteiger partial charge in [-0.05, 0) is 95.8 Å². The Morgan fingerprint density at radius 2 is 1.75 bits per heavy atom. The van der Waals surface area contributed by atoms with E-state index < -0.39 is 18.0 Å². The molecule has 1 heterocycles. The lowest BCUT2D eigenvalue weighted by Gasteiger charge is -2.61. The number of hydrogen-bond acceptors (Lipinski definition) is 9. The first kappa shape index (κ1) is 35.9. The molecule has 2 spiro atoms. The Kier molecular flexibility index (Phi) is 8.87. The normalized spacial score (nSPS) is 40.3. The van der Waals surface area contributed by atoms with Crippen LogP contribution < -0.4 is 0 Å². The van der Waals surface area contributed by atoms with Crippen LogP contribution in [-0.2, 0) is 33.4 Å². The Morgan fingerprint density at radius 3 is 2.43 bits per heavy atom. The third kappa shape index (κ3) is 5.42. The third-order valence-corrected chi connectivity index (χ3v) is 15.0. The summed E-state index contributed by atoms with van der Waals surface area (Å²) >= 11 is 0. The van der Waals surface area contributed by atoms with Gasteiger partial charge in [0, 0.05) is 44.6 Å². The first-order valence-corrected chi connectivity index (χ1v) is 19.0. The molecule has 0 unspecified atom stereocenters.